The van der Waals surface area contributed by atoms with Crippen LogP contribution in [0, 0.1) is 5.92 Å². The van der Waals surface area contributed by atoms with Crippen LogP contribution in [0.5, 0.6) is 11.5 Å². The number of piperidine rings is 1. The van der Waals surface area contributed by atoms with Gasteiger partial charge in [0, 0.05) is 21.5 Å². The minimum absolute atomic E-state index is 0.0581. The average molecular weight is 558 g/mol. The minimum atomic E-state index is -0.133. The normalized spacial score (nSPS) is 14.5. The molecule has 2 heterocycles. The first-order chi connectivity index (χ1) is 17.9. The lowest BCUT2D eigenvalue weighted by Crippen LogP contribution is -2.37. The highest BCUT2D eigenvalue weighted by molar-refractivity contribution is 6.36. The van der Waals surface area contributed by atoms with Crippen LogP contribution in [0.3, 0.4) is 0 Å². The van der Waals surface area contributed by atoms with Gasteiger partial charge in [0.2, 0.25) is 17.6 Å². The Morgan fingerprint density at radius 1 is 1.00 bits per heavy atom. The molecular formula is C27H23Cl3N4O3. The summed E-state index contributed by atoms with van der Waals surface area (Å²) in [5.74, 6) is 1.93. The Morgan fingerprint density at radius 2 is 1.73 bits per heavy atom. The van der Waals surface area contributed by atoms with Gasteiger partial charge < -0.3 is 14.6 Å². The van der Waals surface area contributed by atoms with E-state index in [1.54, 1.807) is 36.4 Å². The van der Waals surface area contributed by atoms with Crippen molar-refractivity contribution in [3.05, 3.63) is 87.7 Å². The summed E-state index contributed by atoms with van der Waals surface area (Å²) >= 11 is 18.4. The number of anilines is 1. The number of carbonyl (C=O) groups is 1. The Kier molecular flexibility index (Phi) is 7.96. The molecule has 190 valence electrons. The van der Waals surface area contributed by atoms with Crippen LogP contribution in [-0.2, 0) is 11.3 Å². The number of nitrogens with one attached hydrogen (secondary N) is 1. The Balaban J connectivity index is 1.17. The molecule has 1 aromatic heterocycles. The molecule has 1 N–H and O–H groups in total. The molecule has 10 heteroatoms. The van der Waals surface area contributed by atoms with Crippen molar-refractivity contribution >= 4 is 46.4 Å². The zero-order chi connectivity index (χ0) is 25.8. The molecule has 1 saturated heterocycles. The van der Waals surface area contributed by atoms with Gasteiger partial charge in [0.15, 0.2) is 5.75 Å². The average Bonchev–Trinajstić information content (AvgIpc) is 3.34. The number of amides is 1. The number of hydrogen-bond donors (Lipinski definition) is 1. The number of rotatable bonds is 7. The van der Waals surface area contributed by atoms with Crippen molar-refractivity contribution in [2.45, 2.75) is 19.4 Å². The maximum atomic E-state index is 13.1. The van der Waals surface area contributed by atoms with Crippen LogP contribution in [0.15, 0.2) is 71.3 Å². The molecule has 0 bridgehead atoms. The lowest BCUT2D eigenvalue weighted by atomic mass is 9.96. The van der Waals surface area contributed by atoms with Gasteiger partial charge in [-0.2, -0.15) is 4.98 Å². The van der Waals surface area contributed by atoms with E-state index in [1.165, 1.54) is 0 Å². The highest BCUT2D eigenvalue weighted by Crippen LogP contribution is 2.33. The second-order valence-corrected chi connectivity index (χ2v) is 10.0. The van der Waals surface area contributed by atoms with Gasteiger partial charge in [0.1, 0.15) is 5.75 Å². The second-order valence-electron chi connectivity index (χ2n) is 8.73. The van der Waals surface area contributed by atoms with Crippen molar-refractivity contribution in [2.75, 3.05) is 18.4 Å². The van der Waals surface area contributed by atoms with Crippen molar-refractivity contribution in [3.63, 3.8) is 0 Å². The van der Waals surface area contributed by atoms with E-state index >= 15 is 0 Å². The van der Waals surface area contributed by atoms with Crippen molar-refractivity contribution in [3.8, 4) is 22.9 Å². The molecule has 5 rings (SSSR count). The molecule has 0 spiro atoms. The fourth-order valence-corrected chi connectivity index (χ4v) is 4.85. The Morgan fingerprint density at radius 3 is 2.49 bits per heavy atom. The minimum Gasteiger partial charge on any atom is -0.455 e. The molecule has 0 saturated carbocycles. The number of ether oxygens (including phenoxy) is 1. The van der Waals surface area contributed by atoms with Gasteiger partial charge in [-0.05, 0) is 74.5 Å². The van der Waals surface area contributed by atoms with Crippen LogP contribution in [0.2, 0.25) is 15.1 Å². The molecule has 4 aromatic rings. The van der Waals surface area contributed by atoms with Crippen LogP contribution < -0.4 is 10.1 Å². The predicted octanol–water partition coefficient (Wildman–Crippen LogP) is 7.34. The van der Waals surface area contributed by atoms with Gasteiger partial charge in [0.05, 0.1) is 17.3 Å². The number of carbonyl (C=O) groups excluding carboxylic acids is 1. The summed E-state index contributed by atoms with van der Waals surface area (Å²) in [5, 5.41) is 8.58. The first-order valence-corrected chi connectivity index (χ1v) is 12.9. The molecule has 1 amide bonds. The fraction of sp³-hybridized carbons (Fsp3) is 0.222. The molecule has 0 atom stereocenters. The Hall–Kier alpha value is -3.10. The third-order valence-electron chi connectivity index (χ3n) is 6.13. The molecule has 1 aliphatic rings. The highest BCUT2D eigenvalue weighted by atomic mass is 35.5. The van der Waals surface area contributed by atoms with Crippen LogP contribution in [0.4, 0.5) is 5.69 Å². The number of nitrogens with zero attached hydrogens (tertiary/aromatic N) is 3. The number of likely N-dealkylation sites (tertiary alicyclic amines) is 1. The maximum Gasteiger partial charge on any atom is 0.241 e. The smallest absolute Gasteiger partial charge is 0.241 e. The predicted molar refractivity (Wildman–Crippen MR) is 144 cm³/mol. The number of aromatic nitrogens is 2. The highest BCUT2D eigenvalue weighted by Gasteiger charge is 2.27. The van der Waals surface area contributed by atoms with Gasteiger partial charge in [-0.3, -0.25) is 9.69 Å². The molecule has 37 heavy (non-hydrogen) atoms. The Labute approximate surface area is 229 Å². The van der Waals surface area contributed by atoms with Gasteiger partial charge in [0.25, 0.3) is 0 Å². The van der Waals surface area contributed by atoms with E-state index in [-0.39, 0.29) is 11.8 Å². The monoisotopic (exact) mass is 556 g/mol. The molecule has 1 fully saturated rings. The number of halogens is 3. The standard InChI is InChI=1S/C27H23Cl3N4O3/c28-18-6-8-21(22(30)14-18)26-32-25(37-33-26)16-34-12-10-17(11-13-34)27(35)31-23-15-19(29)7-9-24(23)36-20-4-2-1-3-5-20/h1-9,14-15,17H,10-13,16H2,(H,31,35). The summed E-state index contributed by atoms with van der Waals surface area (Å²) in [6.45, 7) is 1.94. The lowest BCUT2D eigenvalue weighted by Gasteiger charge is -2.30. The number of hydrogen-bond acceptors (Lipinski definition) is 6. The first kappa shape index (κ1) is 25.5. The van der Waals surface area contributed by atoms with Crippen LogP contribution in [0.25, 0.3) is 11.4 Å². The van der Waals surface area contributed by atoms with Gasteiger partial charge in [-0.1, -0.05) is 58.2 Å². The molecular weight excluding hydrogens is 535 g/mol. The van der Waals surface area contributed by atoms with Gasteiger partial charge in [-0.25, -0.2) is 0 Å². The summed E-state index contributed by atoms with van der Waals surface area (Å²) < 4.78 is 11.4. The van der Waals surface area contributed by atoms with Crippen LogP contribution in [0.1, 0.15) is 18.7 Å². The first-order valence-electron chi connectivity index (χ1n) is 11.8. The van der Waals surface area contributed by atoms with Crippen molar-refractivity contribution in [2.24, 2.45) is 5.92 Å². The van der Waals surface area contributed by atoms with Gasteiger partial charge in [-0.15, -0.1) is 0 Å². The summed E-state index contributed by atoms with van der Waals surface area (Å²) in [6, 6.07) is 19.7. The third-order valence-corrected chi connectivity index (χ3v) is 6.91. The molecule has 3 aromatic carbocycles. The van der Waals surface area contributed by atoms with E-state index < -0.39 is 0 Å². The van der Waals surface area contributed by atoms with E-state index in [9.17, 15) is 4.79 Å². The van der Waals surface area contributed by atoms with Crippen molar-refractivity contribution in [1.29, 1.82) is 0 Å². The summed E-state index contributed by atoms with van der Waals surface area (Å²) in [7, 11) is 0. The van der Waals surface area contributed by atoms with Crippen molar-refractivity contribution < 1.29 is 14.1 Å². The summed E-state index contributed by atoms with van der Waals surface area (Å²) in [4.78, 5) is 19.7. The fourth-order valence-electron chi connectivity index (χ4n) is 4.18. The topological polar surface area (TPSA) is 80.5 Å². The molecule has 0 radical (unpaired) electrons. The zero-order valence-electron chi connectivity index (χ0n) is 19.7. The largest absolute Gasteiger partial charge is 0.455 e. The van der Waals surface area contributed by atoms with Crippen molar-refractivity contribution in [1.82, 2.24) is 15.0 Å². The number of benzene rings is 3. The van der Waals surface area contributed by atoms with Crippen LogP contribution in [-0.4, -0.2) is 34.0 Å². The third kappa shape index (κ3) is 6.43. The van der Waals surface area contributed by atoms with Crippen LogP contribution >= 0.6 is 34.8 Å². The van der Waals surface area contributed by atoms with Gasteiger partial charge >= 0.3 is 0 Å². The SMILES string of the molecule is O=C(Nc1cc(Cl)ccc1Oc1ccccc1)C1CCN(Cc2nc(-c3ccc(Cl)cc3Cl)no2)CC1. The quantitative estimate of drug-likeness (QED) is 0.256. The lowest BCUT2D eigenvalue weighted by molar-refractivity contribution is -0.121. The Bertz CT molecular complexity index is 1390. The summed E-state index contributed by atoms with van der Waals surface area (Å²) in [5.41, 5.74) is 1.20. The molecule has 0 unspecified atom stereocenters. The second kappa shape index (κ2) is 11.5. The molecule has 7 nitrogen and oxygen atoms in total. The van der Waals surface area contributed by atoms with E-state index in [1.807, 2.05) is 30.3 Å². The van der Waals surface area contributed by atoms with E-state index in [0.717, 1.165) is 13.1 Å². The summed E-state index contributed by atoms with van der Waals surface area (Å²) in [6.07, 6.45) is 1.40. The maximum absolute atomic E-state index is 13.1. The van der Waals surface area contributed by atoms with E-state index in [2.05, 4.69) is 20.4 Å². The van der Waals surface area contributed by atoms with E-state index in [4.69, 9.17) is 44.1 Å². The number of para-hydroxylation sites is 1. The molecule has 1 aliphatic heterocycles. The molecule has 0 aliphatic carbocycles. The van der Waals surface area contributed by atoms with E-state index in [0.29, 0.717) is 68.9 Å². The zero-order valence-corrected chi connectivity index (χ0v) is 21.9.